The summed E-state index contributed by atoms with van der Waals surface area (Å²) in [5, 5.41) is 27.7. The lowest BCUT2D eigenvalue weighted by Gasteiger charge is -1.89. The Morgan fingerprint density at radius 1 is 1.07 bits per heavy atom. The number of nitrogens with zero attached hydrogens (tertiary/aromatic N) is 3. The van der Waals surface area contributed by atoms with Crippen molar-refractivity contribution < 1.29 is 10.2 Å². The van der Waals surface area contributed by atoms with Crippen LogP contribution in [0.4, 0.5) is 0 Å². The van der Waals surface area contributed by atoms with E-state index in [0.717, 1.165) is 0 Å². The monoisotopic (exact) mass is 225 g/mol. The van der Waals surface area contributed by atoms with Crippen LogP contribution in [0.15, 0.2) is 36.5 Å². The predicted molar refractivity (Wildman–Crippen MR) is 54.6 cm³/mol. The number of aromatic hydroxyl groups is 2. The second-order valence-electron chi connectivity index (χ2n) is 2.46. The van der Waals surface area contributed by atoms with Gasteiger partial charge in [0.15, 0.2) is 5.15 Å². The third kappa shape index (κ3) is 4.78. The number of aromatic nitrogens is 3. The zero-order chi connectivity index (χ0) is 11.1. The van der Waals surface area contributed by atoms with E-state index in [4.69, 9.17) is 21.8 Å². The Balaban J connectivity index is 0.000000151. The quantitative estimate of drug-likeness (QED) is 0.712. The van der Waals surface area contributed by atoms with Crippen LogP contribution in [-0.2, 0) is 0 Å². The lowest BCUT2D eigenvalue weighted by molar-refractivity contribution is 0.450. The molecule has 0 amide bonds. The molecule has 0 saturated carbocycles. The molecule has 0 aliphatic rings. The number of phenolic OH excluding ortho intramolecular Hbond substituents is 2. The van der Waals surface area contributed by atoms with Gasteiger partial charge in [0.25, 0.3) is 0 Å². The molecule has 0 bridgehead atoms. The Hall–Kier alpha value is -1.88. The van der Waals surface area contributed by atoms with Crippen LogP contribution in [0.1, 0.15) is 0 Å². The maximum Gasteiger partial charge on any atom is 0.155 e. The highest BCUT2D eigenvalue weighted by atomic mass is 35.5. The molecule has 2 rings (SSSR count). The molecule has 78 valence electrons. The summed E-state index contributed by atoms with van der Waals surface area (Å²) in [5.74, 6) is 0.176. The number of hydrogen-bond donors (Lipinski definition) is 2. The highest BCUT2D eigenvalue weighted by Crippen LogP contribution is 2.14. The minimum atomic E-state index is 0.0880. The van der Waals surface area contributed by atoms with Gasteiger partial charge in [-0.3, -0.25) is 0 Å². The fraction of sp³-hybridized carbons (Fsp3) is 0. The Bertz CT molecular complexity index is 394. The van der Waals surface area contributed by atoms with Crippen LogP contribution in [0.25, 0.3) is 0 Å². The van der Waals surface area contributed by atoms with Crippen LogP contribution in [0.3, 0.4) is 0 Å². The second kappa shape index (κ2) is 5.77. The highest BCUT2D eigenvalue weighted by Gasteiger charge is 1.85. The van der Waals surface area contributed by atoms with Gasteiger partial charge in [-0.15, -0.1) is 10.2 Å². The average molecular weight is 226 g/mol. The van der Waals surface area contributed by atoms with Crippen molar-refractivity contribution >= 4 is 11.6 Å². The van der Waals surface area contributed by atoms with E-state index in [-0.39, 0.29) is 11.5 Å². The van der Waals surface area contributed by atoms with Gasteiger partial charge in [-0.1, -0.05) is 17.7 Å². The maximum absolute atomic E-state index is 8.65. The minimum absolute atomic E-state index is 0.0880. The van der Waals surface area contributed by atoms with Crippen LogP contribution in [-0.4, -0.2) is 25.6 Å². The fourth-order valence-electron chi connectivity index (χ4n) is 0.720. The van der Waals surface area contributed by atoms with Crippen molar-refractivity contribution in [3.8, 4) is 11.5 Å². The van der Waals surface area contributed by atoms with Gasteiger partial charge in [0.1, 0.15) is 11.5 Å². The van der Waals surface area contributed by atoms with Gasteiger partial charge < -0.3 is 10.2 Å². The number of benzene rings is 1. The molecule has 1 aromatic carbocycles. The van der Waals surface area contributed by atoms with E-state index < -0.39 is 0 Å². The average Bonchev–Trinajstić information content (AvgIpc) is 2.19. The van der Waals surface area contributed by atoms with E-state index in [1.807, 2.05) is 0 Å². The van der Waals surface area contributed by atoms with E-state index in [1.54, 1.807) is 12.1 Å². The summed E-state index contributed by atoms with van der Waals surface area (Å²) in [6.45, 7) is 0. The molecule has 15 heavy (non-hydrogen) atoms. The lowest BCUT2D eigenvalue weighted by atomic mass is 10.3. The standard InChI is InChI=1S/C6H6O2.C3H2ClN3/c7-5-2-1-3-6(8)4-5;4-3-1-2-5-7-6-3/h1-4,7-8H;1-2H. The molecule has 0 aliphatic carbocycles. The Kier molecular flexibility index (Phi) is 4.30. The first-order chi connectivity index (χ1) is 7.18. The van der Waals surface area contributed by atoms with Crippen LogP contribution in [0, 0.1) is 0 Å². The molecule has 0 saturated heterocycles. The zero-order valence-corrected chi connectivity index (χ0v) is 8.33. The smallest absolute Gasteiger partial charge is 0.155 e. The van der Waals surface area contributed by atoms with E-state index in [0.29, 0.717) is 5.15 Å². The molecule has 0 fully saturated rings. The molecule has 1 heterocycles. The van der Waals surface area contributed by atoms with Gasteiger partial charge in [-0.05, 0) is 23.4 Å². The van der Waals surface area contributed by atoms with Crippen LogP contribution in [0.2, 0.25) is 5.15 Å². The Labute approximate surface area is 91.0 Å². The van der Waals surface area contributed by atoms with Crippen molar-refractivity contribution in [3.63, 3.8) is 0 Å². The molecule has 0 spiro atoms. The topological polar surface area (TPSA) is 79.1 Å². The van der Waals surface area contributed by atoms with Gasteiger partial charge in [0, 0.05) is 6.07 Å². The van der Waals surface area contributed by atoms with E-state index in [1.165, 1.54) is 24.4 Å². The second-order valence-corrected chi connectivity index (χ2v) is 2.85. The molecule has 1 aromatic heterocycles. The normalized spacial score (nSPS) is 8.87. The molecule has 0 aliphatic heterocycles. The number of rotatable bonds is 0. The molecule has 2 N–H and O–H groups in total. The van der Waals surface area contributed by atoms with Crippen LogP contribution < -0.4 is 0 Å². The first kappa shape index (κ1) is 11.2. The van der Waals surface area contributed by atoms with E-state index in [2.05, 4.69) is 15.4 Å². The highest BCUT2D eigenvalue weighted by molar-refractivity contribution is 6.29. The lowest BCUT2D eigenvalue weighted by Crippen LogP contribution is -1.81. The van der Waals surface area contributed by atoms with Crippen LogP contribution >= 0.6 is 11.6 Å². The largest absolute Gasteiger partial charge is 0.508 e. The first-order valence-electron chi connectivity index (χ1n) is 3.96. The van der Waals surface area contributed by atoms with E-state index >= 15 is 0 Å². The molecule has 0 radical (unpaired) electrons. The summed E-state index contributed by atoms with van der Waals surface area (Å²) in [7, 11) is 0. The zero-order valence-electron chi connectivity index (χ0n) is 7.58. The molecule has 0 unspecified atom stereocenters. The van der Waals surface area contributed by atoms with Gasteiger partial charge in [0.05, 0.1) is 6.20 Å². The van der Waals surface area contributed by atoms with Crippen molar-refractivity contribution in [1.29, 1.82) is 0 Å². The molecule has 6 heteroatoms. The maximum atomic E-state index is 8.65. The molecular formula is C9H8ClN3O2. The van der Waals surface area contributed by atoms with Crippen molar-refractivity contribution in [2.45, 2.75) is 0 Å². The number of halogens is 1. The molecule has 2 aromatic rings. The molecule has 5 nitrogen and oxygen atoms in total. The summed E-state index contributed by atoms with van der Waals surface area (Å²) >= 11 is 5.33. The van der Waals surface area contributed by atoms with Gasteiger partial charge in [0.2, 0.25) is 0 Å². The third-order valence-electron chi connectivity index (χ3n) is 1.30. The fourth-order valence-corrected chi connectivity index (χ4v) is 0.810. The van der Waals surface area contributed by atoms with Gasteiger partial charge in [-0.25, -0.2) is 0 Å². The SMILES string of the molecule is Clc1ccnnn1.Oc1cccc(O)c1. The Morgan fingerprint density at radius 3 is 2.00 bits per heavy atom. The predicted octanol–water partition coefficient (Wildman–Crippen LogP) is 1.62. The molecule has 0 atom stereocenters. The third-order valence-corrected chi connectivity index (χ3v) is 1.50. The number of hydrogen-bond acceptors (Lipinski definition) is 5. The van der Waals surface area contributed by atoms with Crippen molar-refractivity contribution in [2.75, 3.05) is 0 Å². The summed E-state index contributed by atoms with van der Waals surface area (Å²) in [6, 6.07) is 7.42. The van der Waals surface area contributed by atoms with Gasteiger partial charge in [-0.2, -0.15) is 0 Å². The minimum Gasteiger partial charge on any atom is -0.508 e. The van der Waals surface area contributed by atoms with Crippen molar-refractivity contribution in [3.05, 3.63) is 41.7 Å². The summed E-state index contributed by atoms with van der Waals surface area (Å²) in [4.78, 5) is 0. The first-order valence-corrected chi connectivity index (χ1v) is 4.34. The van der Waals surface area contributed by atoms with Gasteiger partial charge >= 0.3 is 0 Å². The summed E-state index contributed by atoms with van der Waals surface area (Å²) < 4.78 is 0. The van der Waals surface area contributed by atoms with Crippen molar-refractivity contribution in [2.24, 2.45) is 0 Å². The van der Waals surface area contributed by atoms with Crippen molar-refractivity contribution in [1.82, 2.24) is 15.4 Å². The Morgan fingerprint density at radius 2 is 1.73 bits per heavy atom. The summed E-state index contributed by atoms with van der Waals surface area (Å²) in [6.07, 6.45) is 1.48. The summed E-state index contributed by atoms with van der Waals surface area (Å²) in [5.41, 5.74) is 0. The van der Waals surface area contributed by atoms with E-state index in [9.17, 15) is 0 Å². The molecular weight excluding hydrogens is 218 g/mol. The van der Waals surface area contributed by atoms with Crippen LogP contribution in [0.5, 0.6) is 11.5 Å². The number of phenols is 2.